The van der Waals surface area contributed by atoms with Crippen LogP contribution in [0.1, 0.15) is 26.3 Å². The number of hydrogen-bond donors (Lipinski definition) is 1. The Bertz CT molecular complexity index is 865. The lowest BCUT2D eigenvalue weighted by molar-refractivity contribution is -0.385. The summed E-state index contributed by atoms with van der Waals surface area (Å²) in [5, 5.41) is 13.8. The van der Waals surface area contributed by atoms with Crippen LogP contribution >= 0.6 is 11.6 Å². The third-order valence-electron chi connectivity index (χ3n) is 3.53. The highest BCUT2D eigenvalue weighted by Gasteiger charge is 2.16. The Hall–Kier alpha value is -2.93. The van der Waals surface area contributed by atoms with Crippen LogP contribution in [0.25, 0.3) is 0 Å². The summed E-state index contributed by atoms with van der Waals surface area (Å²) in [6.07, 6.45) is 0. The molecule has 0 aliphatic heterocycles. The van der Waals surface area contributed by atoms with Gasteiger partial charge in [-0.25, -0.2) is 0 Å². The minimum absolute atomic E-state index is 0.127. The molecule has 0 heterocycles. The first-order valence-corrected chi connectivity index (χ1v) is 7.66. The number of benzene rings is 2. The third-order valence-corrected chi connectivity index (χ3v) is 3.84. The number of nitrogens with zero attached hydrogens (tertiary/aromatic N) is 2. The van der Waals surface area contributed by atoms with Crippen LogP contribution < -0.4 is 5.32 Å². The molecule has 8 heteroatoms. The van der Waals surface area contributed by atoms with E-state index < -0.39 is 10.8 Å². The summed E-state index contributed by atoms with van der Waals surface area (Å²) in [5.41, 5.74) is 1.19. The quantitative estimate of drug-likeness (QED) is 0.666. The van der Waals surface area contributed by atoms with Crippen molar-refractivity contribution in [1.82, 2.24) is 4.90 Å². The zero-order valence-electron chi connectivity index (χ0n) is 13.9. The number of aryl methyl sites for hydroxylation is 1. The van der Waals surface area contributed by atoms with Crippen LogP contribution in [0.5, 0.6) is 0 Å². The van der Waals surface area contributed by atoms with Crippen LogP contribution in [0, 0.1) is 17.0 Å². The Kier molecular flexibility index (Phi) is 5.38. The normalized spacial score (nSPS) is 10.2. The number of nitrogens with one attached hydrogen (secondary N) is 1. The number of hydrogen-bond acceptors (Lipinski definition) is 4. The number of amides is 2. The molecular formula is C17H16ClN3O4. The first-order chi connectivity index (χ1) is 11.7. The van der Waals surface area contributed by atoms with Crippen LogP contribution in [0.4, 0.5) is 11.4 Å². The van der Waals surface area contributed by atoms with E-state index in [2.05, 4.69) is 5.32 Å². The molecule has 0 saturated heterocycles. The molecule has 0 atom stereocenters. The highest BCUT2D eigenvalue weighted by Crippen LogP contribution is 2.24. The average Bonchev–Trinajstić information content (AvgIpc) is 2.54. The minimum atomic E-state index is -0.537. The van der Waals surface area contributed by atoms with Crippen molar-refractivity contribution in [2.75, 3.05) is 19.4 Å². The lowest BCUT2D eigenvalue weighted by Crippen LogP contribution is -2.22. The number of anilines is 1. The highest BCUT2D eigenvalue weighted by molar-refractivity contribution is 6.34. The van der Waals surface area contributed by atoms with E-state index in [9.17, 15) is 19.7 Å². The molecule has 25 heavy (non-hydrogen) atoms. The zero-order chi connectivity index (χ0) is 18.7. The van der Waals surface area contributed by atoms with E-state index in [0.717, 1.165) is 0 Å². The Balaban J connectivity index is 2.24. The van der Waals surface area contributed by atoms with E-state index in [1.807, 2.05) is 0 Å². The van der Waals surface area contributed by atoms with Gasteiger partial charge in [0.05, 0.1) is 15.5 Å². The summed E-state index contributed by atoms with van der Waals surface area (Å²) in [4.78, 5) is 36.1. The monoisotopic (exact) mass is 361 g/mol. The van der Waals surface area contributed by atoms with Gasteiger partial charge >= 0.3 is 0 Å². The number of nitro benzene ring substituents is 1. The van der Waals surface area contributed by atoms with Crippen LogP contribution in [0.2, 0.25) is 5.02 Å². The van der Waals surface area contributed by atoms with Gasteiger partial charge < -0.3 is 10.2 Å². The van der Waals surface area contributed by atoms with Crippen LogP contribution in [-0.2, 0) is 0 Å². The first-order valence-electron chi connectivity index (χ1n) is 7.28. The Morgan fingerprint density at radius 2 is 1.84 bits per heavy atom. The van der Waals surface area contributed by atoms with E-state index in [1.165, 1.54) is 35.2 Å². The van der Waals surface area contributed by atoms with Crippen molar-refractivity contribution in [3.63, 3.8) is 0 Å². The van der Waals surface area contributed by atoms with Crippen molar-refractivity contribution >= 4 is 34.8 Å². The van der Waals surface area contributed by atoms with Crippen molar-refractivity contribution in [3.8, 4) is 0 Å². The fourth-order valence-electron chi connectivity index (χ4n) is 2.16. The van der Waals surface area contributed by atoms with E-state index in [-0.39, 0.29) is 22.2 Å². The van der Waals surface area contributed by atoms with Crippen LogP contribution in [-0.4, -0.2) is 35.7 Å². The molecule has 7 nitrogen and oxygen atoms in total. The number of carbonyl (C=O) groups is 2. The average molecular weight is 362 g/mol. The Morgan fingerprint density at radius 3 is 2.40 bits per heavy atom. The minimum Gasteiger partial charge on any atom is -0.345 e. The molecule has 2 aromatic rings. The SMILES string of the molecule is Cc1ccc(C(=O)Nc2ccc(C(=O)N(C)C)c(Cl)c2)cc1[N+](=O)[O-]. The largest absolute Gasteiger partial charge is 0.345 e. The summed E-state index contributed by atoms with van der Waals surface area (Å²) in [5.74, 6) is -0.761. The molecule has 0 aromatic heterocycles. The van der Waals surface area contributed by atoms with E-state index in [4.69, 9.17) is 11.6 Å². The van der Waals surface area contributed by atoms with Gasteiger partial charge in [0.25, 0.3) is 17.5 Å². The number of rotatable bonds is 4. The number of nitro groups is 1. The lowest BCUT2D eigenvalue weighted by atomic mass is 10.1. The molecule has 2 aromatic carbocycles. The maximum Gasteiger partial charge on any atom is 0.273 e. The van der Waals surface area contributed by atoms with Gasteiger partial charge in [-0.1, -0.05) is 17.7 Å². The fraction of sp³-hybridized carbons (Fsp3) is 0.176. The second kappa shape index (κ2) is 7.31. The Labute approximate surface area is 149 Å². The molecule has 0 unspecified atom stereocenters. The molecule has 0 radical (unpaired) electrons. The molecule has 0 saturated carbocycles. The molecule has 2 rings (SSSR count). The number of halogens is 1. The standard InChI is InChI=1S/C17H16ClN3O4/c1-10-4-5-11(8-15(10)21(24)25)16(22)19-12-6-7-13(14(18)9-12)17(23)20(2)3/h4-9H,1-3H3,(H,19,22). The van der Waals surface area contributed by atoms with Crippen LogP contribution in [0.15, 0.2) is 36.4 Å². The van der Waals surface area contributed by atoms with Gasteiger partial charge in [0, 0.05) is 37.0 Å². The smallest absolute Gasteiger partial charge is 0.273 e. The van der Waals surface area contributed by atoms with Gasteiger partial charge in [-0.15, -0.1) is 0 Å². The van der Waals surface area contributed by atoms with E-state index in [0.29, 0.717) is 16.8 Å². The molecule has 0 fully saturated rings. The van der Waals surface area contributed by atoms with Crippen molar-refractivity contribution in [1.29, 1.82) is 0 Å². The molecule has 0 aliphatic rings. The third kappa shape index (κ3) is 4.13. The summed E-state index contributed by atoms with van der Waals surface area (Å²) in [6, 6.07) is 8.75. The maximum absolute atomic E-state index is 12.3. The first kappa shape index (κ1) is 18.4. The molecule has 0 spiro atoms. The van der Waals surface area contributed by atoms with Crippen molar-refractivity contribution < 1.29 is 14.5 Å². The summed E-state index contributed by atoms with van der Waals surface area (Å²) >= 11 is 6.10. The predicted molar refractivity (Wildman–Crippen MR) is 95.3 cm³/mol. The lowest BCUT2D eigenvalue weighted by Gasteiger charge is -2.13. The van der Waals surface area contributed by atoms with Gasteiger partial charge in [0.15, 0.2) is 0 Å². The summed E-state index contributed by atoms with van der Waals surface area (Å²) in [6.45, 7) is 1.60. The van der Waals surface area contributed by atoms with Gasteiger partial charge in [0.1, 0.15) is 0 Å². The van der Waals surface area contributed by atoms with Gasteiger partial charge in [-0.2, -0.15) is 0 Å². The van der Waals surface area contributed by atoms with Gasteiger partial charge in [-0.05, 0) is 31.2 Å². The van der Waals surface area contributed by atoms with Crippen molar-refractivity contribution in [2.45, 2.75) is 6.92 Å². The molecule has 0 aliphatic carbocycles. The van der Waals surface area contributed by atoms with Gasteiger partial charge in [0.2, 0.25) is 0 Å². The molecular weight excluding hydrogens is 346 g/mol. The second-order valence-corrected chi connectivity index (χ2v) is 6.01. The molecule has 130 valence electrons. The topological polar surface area (TPSA) is 92.6 Å². The summed E-state index contributed by atoms with van der Waals surface area (Å²) < 4.78 is 0. The van der Waals surface area contributed by atoms with E-state index >= 15 is 0 Å². The predicted octanol–water partition coefficient (Wildman–Crippen LogP) is 3.51. The maximum atomic E-state index is 12.3. The summed E-state index contributed by atoms with van der Waals surface area (Å²) in [7, 11) is 3.22. The van der Waals surface area contributed by atoms with Crippen molar-refractivity contribution in [2.24, 2.45) is 0 Å². The van der Waals surface area contributed by atoms with Crippen molar-refractivity contribution in [3.05, 3.63) is 68.2 Å². The van der Waals surface area contributed by atoms with Crippen LogP contribution in [0.3, 0.4) is 0 Å². The highest BCUT2D eigenvalue weighted by atomic mass is 35.5. The Morgan fingerprint density at radius 1 is 1.16 bits per heavy atom. The molecule has 2 amide bonds. The fourth-order valence-corrected chi connectivity index (χ4v) is 2.42. The van der Waals surface area contributed by atoms with Gasteiger partial charge in [-0.3, -0.25) is 19.7 Å². The molecule has 1 N–H and O–H groups in total. The number of carbonyl (C=O) groups excluding carboxylic acids is 2. The zero-order valence-corrected chi connectivity index (χ0v) is 14.6. The second-order valence-electron chi connectivity index (χ2n) is 5.61. The molecule has 0 bridgehead atoms. The van der Waals surface area contributed by atoms with E-state index in [1.54, 1.807) is 27.1 Å².